The van der Waals surface area contributed by atoms with Crippen molar-refractivity contribution in [3.8, 4) is 11.8 Å². The molecule has 2 aromatic rings. The molecular weight excluding hydrogens is 292 g/mol. The molecular formula is C14H14N2O2S2. The second kappa shape index (κ2) is 7.20. The zero-order valence-corrected chi connectivity index (χ0v) is 12.6. The summed E-state index contributed by atoms with van der Waals surface area (Å²) in [6, 6.07) is 1.82. The van der Waals surface area contributed by atoms with Crippen LogP contribution in [0.25, 0.3) is 0 Å². The van der Waals surface area contributed by atoms with Crippen molar-refractivity contribution >= 4 is 28.6 Å². The van der Waals surface area contributed by atoms with Crippen LogP contribution in [0.3, 0.4) is 0 Å². The fourth-order valence-electron chi connectivity index (χ4n) is 1.53. The second-order valence-corrected chi connectivity index (χ2v) is 6.20. The Bertz CT molecular complexity index is 649. The van der Waals surface area contributed by atoms with Crippen molar-refractivity contribution in [2.75, 3.05) is 6.61 Å². The van der Waals surface area contributed by atoms with E-state index >= 15 is 0 Å². The molecule has 0 aliphatic rings. The Kier molecular flexibility index (Phi) is 5.30. The van der Waals surface area contributed by atoms with Crippen molar-refractivity contribution in [3.05, 3.63) is 38.0 Å². The Balaban J connectivity index is 1.99. The molecule has 4 nitrogen and oxygen atoms in total. The van der Waals surface area contributed by atoms with Crippen LogP contribution in [0.1, 0.15) is 31.5 Å². The number of carbonyl (C=O) groups is 1. The highest BCUT2D eigenvalue weighted by molar-refractivity contribution is 7.12. The van der Waals surface area contributed by atoms with E-state index in [1.807, 2.05) is 18.4 Å². The first kappa shape index (κ1) is 14.7. The molecule has 0 radical (unpaired) electrons. The van der Waals surface area contributed by atoms with Gasteiger partial charge in [0.1, 0.15) is 4.88 Å². The fraction of sp³-hybridized carbons (Fsp3) is 0.286. The van der Waals surface area contributed by atoms with Crippen LogP contribution in [0.2, 0.25) is 0 Å². The van der Waals surface area contributed by atoms with Gasteiger partial charge in [-0.05, 0) is 18.4 Å². The average Bonchev–Trinajstić information content (AvgIpc) is 3.05. The Hall–Kier alpha value is -1.68. The van der Waals surface area contributed by atoms with Crippen molar-refractivity contribution in [1.29, 1.82) is 0 Å². The topological polar surface area (TPSA) is 62.2 Å². The van der Waals surface area contributed by atoms with Gasteiger partial charge in [0, 0.05) is 23.1 Å². The summed E-state index contributed by atoms with van der Waals surface area (Å²) in [5.41, 5.74) is 0.710. The number of aliphatic hydroxyl groups is 1. The van der Waals surface area contributed by atoms with Crippen LogP contribution in [0.5, 0.6) is 0 Å². The lowest BCUT2D eigenvalue weighted by Gasteiger charge is -2.01. The molecule has 0 fully saturated rings. The molecule has 0 bridgehead atoms. The molecule has 0 aliphatic carbocycles. The van der Waals surface area contributed by atoms with Crippen molar-refractivity contribution in [2.24, 2.45) is 0 Å². The van der Waals surface area contributed by atoms with Gasteiger partial charge >= 0.3 is 0 Å². The zero-order valence-electron chi connectivity index (χ0n) is 11.0. The number of carbonyl (C=O) groups excluding carboxylic acids is 1. The number of nitrogens with zero attached hydrogens (tertiary/aromatic N) is 1. The number of nitrogens with one attached hydrogen (secondary N) is 1. The second-order valence-electron chi connectivity index (χ2n) is 3.97. The van der Waals surface area contributed by atoms with Crippen molar-refractivity contribution < 1.29 is 9.90 Å². The molecule has 6 heteroatoms. The summed E-state index contributed by atoms with van der Waals surface area (Å²) in [6.07, 6.45) is 2.19. The highest BCUT2D eigenvalue weighted by Crippen LogP contribution is 2.16. The van der Waals surface area contributed by atoms with Gasteiger partial charge in [-0.25, -0.2) is 4.98 Å². The third kappa shape index (κ3) is 3.90. The number of hydrogen-bond acceptors (Lipinski definition) is 5. The first-order valence-corrected chi connectivity index (χ1v) is 7.77. The Morgan fingerprint density at radius 3 is 3.10 bits per heavy atom. The highest BCUT2D eigenvalue weighted by Gasteiger charge is 2.12. The van der Waals surface area contributed by atoms with Crippen LogP contribution in [-0.4, -0.2) is 22.6 Å². The van der Waals surface area contributed by atoms with Gasteiger partial charge in [-0.15, -0.1) is 22.7 Å². The summed E-state index contributed by atoms with van der Waals surface area (Å²) < 4.78 is 0. The molecule has 2 rings (SSSR count). The molecule has 2 aromatic heterocycles. The van der Waals surface area contributed by atoms with Crippen LogP contribution < -0.4 is 5.32 Å². The lowest BCUT2D eigenvalue weighted by atomic mass is 10.2. The SMILES string of the molecule is Cc1ncc(CNC(=O)c2sccc2C#CCCO)s1. The molecule has 0 aliphatic heterocycles. The predicted octanol–water partition coefficient (Wildman–Crippen LogP) is 2.18. The Labute approximate surface area is 125 Å². The van der Waals surface area contributed by atoms with Crippen molar-refractivity contribution in [1.82, 2.24) is 10.3 Å². The molecule has 0 spiro atoms. The summed E-state index contributed by atoms with van der Waals surface area (Å²) in [7, 11) is 0. The minimum atomic E-state index is -0.126. The summed E-state index contributed by atoms with van der Waals surface area (Å²) in [5, 5.41) is 14.4. The number of thiophene rings is 1. The highest BCUT2D eigenvalue weighted by atomic mass is 32.1. The van der Waals surface area contributed by atoms with Crippen molar-refractivity contribution in [2.45, 2.75) is 19.9 Å². The van der Waals surface area contributed by atoms with Gasteiger partial charge < -0.3 is 10.4 Å². The summed E-state index contributed by atoms with van der Waals surface area (Å²) >= 11 is 2.94. The van der Waals surface area contributed by atoms with E-state index in [-0.39, 0.29) is 12.5 Å². The Morgan fingerprint density at radius 1 is 1.55 bits per heavy atom. The number of hydrogen-bond donors (Lipinski definition) is 2. The number of aromatic nitrogens is 1. The first-order valence-electron chi connectivity index (χ1n) is 6.07. The van der Waals surface area contributed by atoms with E-state index < -0.39 is 0 Å². The molecule has 0 aromatic carbocycles. The number of thiazole rings is 1. The minimum Gasteiger partial charge on any atom is -0.395 e. The van der Waals surface area contributed by atoms with E-state index in [2.05, 4.69) is 22.1 Å². The minimum absolute atomic E-state index is 0.0311. The maximum atomic E-state index is 12.1. The van der Waals surface area contributed by atoms with E-state index in [9.17, 15) is 4.79 Å². The number of aryl methyl sites for hydroxylation is 1. The van der Waals surface area contributed by atoms with E-state index in [0.717, 1.165) is 9.88 Å². The maximum Gasteiger partial charge on any atom is 0.262 e. The Morgan fingerprint density at radius 2 is 2.40 bits per heavy atom. The summed E-state index contributed by atoms with van der Waals surface area (Å²) in [5.74, 6) is 5.61. The molecule has 0 unspecified atom stereocenters. The molecule has 2 N–H and O–H groups in total. The van der Waals surface area contributed by atoms with Crippen LogP contribution in [0.4, 0.5) is 0 Å². The van der Waals surface area contributed by atoms with Gasteiger partial charge in [0.25, 0.3) is 5.91 Å². The maximum absolute atomic E-state index is 12.1. The summed E-state index contributed by atoms with van der Waals surface area (Å²) in [6.45, 7) is 2.44. The van der Waals surface area contributed by atoms with Gasteiger partial charge in [-0.3, -0.25) is 4.79 Å². The number of amides is 1. The monoisotopic (exact) mass is 306 g/mol. The third-order valence-corrected chi connectivity index (χ3v) is 4.25. The lowest BCUT2D eigenvalue weighted by Crippen LogP contribution is -2.22. The standard InChI is InChI=1S/C14H14N2O2S2/c1-10-15-8-12(20-10)9-16-14(18)13-11(5-7-19-13)4-2-3-6-17/h5,7-8,17H,3,6,9H2,1H3,(H,16,18). The quantitative estimate of drug-likeness (QED) is 0.851. The number of aliphatic hydroxyl groups excluding tert-OH is 1. The molecule has 1 amide bonds. The van der Waals surface area contributed by atoms with Gasteiger partial charge in [0.15, 0.2) is 0 Å². The zero-order chi connectivity index (χ0) is 14.4. The molecule has 20 heavy (non-hydrogen) atoms. The largest absolute Gasteiger partial charge is 0.395 e. The molecule has 0 atom stereocenters. The predicted molar refractivity (Wildman–Crippen MR) is 80.9 cm³/mol. The normalized spacial score (nSPS) is 9.90. The van der Waals surface area contributed by atoms with Crippen LogP contribution in [0, 0.1) is 18.8 Å². The molecule has 104 valence electrons. The van der Waals surface area contributed by atoms with Gasteiger partial charge in [-0.1, -0.05) is 11.8 Å². The molecule has 2 heterocycles. The van der Waals surface area contributed by atoms with E-state index in [1.54, 1.807) is 17.5 Å². The van der Waals surface area contributed by atoms with Crippen LogP contribution in [-0.2, 0) is 6.54 Å². The van der Waals surface area contributed by atoms with Gasteiger partial charge in [0.05, 0.1) is 18.2 Å². The molecule has 0 saturated carbocycles. The van der Waals surface area contributed by atoms with Gasteiger partial charge in [-0.2, -0.15) is 0 Å². The van der Waals surface area contributed by atoms with E-state index in [0.29, 0.717) is 23.4 Å². The fourth-order valence-corrected chi connectivity index (χ4v) is 3.03. The number of rotatable bonds is 4. The summed E-state index contributed by atoms with van der Waals surface area (Å²) in [4.78, 5) is 17.9. The van der Waals surface area contributed by atoms with E-state index in [4.69, 9.17) is 5.11 Å². The van der Waals surface area contributed by atoms with E-state index in [1.165, 1.54) is 11.3 Å². The van der Waals surface area contributed by atoms with Crippen LogP contribution >= 0.6 is 22.7 Å². The third-order valence-electron chi connectivity index (χ3n) is 2.42. The van der Waals surface area contributed by atoms with Gasteiger partial charge in [0.2, 0.25) is 0 Å². The smallest absolute Gasteiger partial charge is 0.262 e. The lowest BCUT2D eigenvalue weighted by molar-refractivity contribution is 0.0955. The first-order chi connectivity index (χ1) is 9.70. The molecule has 0 saturated heterocycles. The van der Waals surface area contributed by atoms with Crippen molar-refractivity contribution in [3.63, 3.8) is 0 Å². The van der Waals surface area contributed by atoms with Crippen LogP contribution in [0.15, 0.2) is 17.6 Å². The average molecular weight is 306 g/mol.